The summed E-state index contributed by atoms with van der Waals surface area (Å²) in [5, 5.41) is 2.81. The van der Waals surface area contributed by atoms with E-state index in [1.807, 2.05) is 30.6 Å². The molecular formula is C28H31N7O2. The molecule has 0 saturated heterocycles. The number of aromatic amines is 1. The van der Waals surface area contributed by atoms with Gasteiger partial charge in [0.25, 0.3) is 0 Å². The molecule has 190 valence electrons. The van der Waals surface area contributed by atoms with Crippen LogP contribution in [0.15, 0.2) is 61.4 Å². The lowest BCUT2D eigenvalue weighted by Gasteiger charge is -2.35. The van der Waals surface area contributed by atoms with Crippen molar-refractivity contribution in [2.45, 2.75) is 58.8 Å². The van der Waals surface area contributed by atoms with E-state index in [1.165, 1.54) is 23.1 Å². The van der Waals surface area contributed by atoms with Gasteiger partial charge in [0.05, 0.1) is 29.5 Å². The Bertz CT molecular complexity index is 1320. The summed E-state index contributed by atoms with van der Waals surface area (Å²) in [5.74, 6) is 0.395. The van der Waals surface area contributed by atoms with E-state index in [0.29, 0.717) is 23.7 Å². The van der Waals surface area contributed by atoms with Gasteiger partial charge in [-0.1, -0.05) is 30.3 Å². The van der Waals surface area contributed by atoms with Gasteiger partial charge in [-0.15, -0.1) is 0 Å². The summed E-state index contributed by atoms with van der Waals surface area (Å²) >= 11 is 0. The molecule has 1 aromatic carbocycles. The SMILES string of the molecule is Cc1ncnc(C)c1OC(=O)NCc1ccc(CN(Cc2cnc[nH]2)C2CCCc3cccnc32)cc1. The average molecular weight is 498 g/mol. The van der Waals surface area contributed by atoms with Crippen LogP contribution >= 0.6 is 0 Å². The second-order valence-corrected chi connectivity index (χ2v) is 9.37. The number of aromatic nitrogens is 5. The van der Waals surface area contributed by atoms with E-state index in [4.69, 9.17) is 9.72 Å². The molecule has 1 amide bonds. The molecule has 1 unspecified atom stereocenters. The minimum absolute atomic E-state index is 0.248. The van der Waals surface area contributed by atoms with Crippen LogP contribution in [0.3, 0.4) is 0 Å². The summed E-state index contributed by atoms with van der Waals surface area (Å²) in [4.78, 5) is 35.2. The Kier molecular flexibility index (Phi) is 7.51. The van der Waals surface area contributed by atoms with E-state index in [-0.39, 0.29) is 6.04 Å². The molecule has 9 nitrogen and oxygen atoms in total. The van der Waals surface area contributed by atoms with Crippen molar-refractivity contribution in [1.29, 1.82) is 0 Å². The lowest BCUT2D eigenvalue weighted by Crippen LogP contribution is -2.31. The van der Waals surface area contributed by atoms with Crippen LogP contribution < -0.4 is 10.1 Å². The summed E-state index contributed by atoms with van der Waals surface area (Å²) in [6.07, 6.45) is 9.74. The summed E-state index contributed by atoms with van der Waals surface area (Å²) in [7, 11) is 0. The average Bonchev–Trinajstić information content (AvgIpc) is 3.43. The van der Waals surface area contributed by atoms with Crippen molar-refractivity contribution in [3.05, 3.63) is 101 Å². The Hall–Kier alpha value is -4.11. The van der Waals surface area contributed by atoms with E-state index in [9.17, 15) is 4.79 Å². The number of pyridine rings is 1. The molecule has 0 radical (unpaired) electrons. The predicted octanol–water partition coefficient (Wildman–Crippen LogP) is 4.58. The number of nitrogens with zero attached hydrogens (tertiary/aromatic N) is 5. The Morgan fingerprint density at radius 2 is 1.86 bits per heavy atom. The number of H-pyrrole nitrogens is 1. The van der Waals surface area contributed by atoms with Crippen LogP contribution in [0, 0.1) is 13.8 Å². The lowest BCUT2D eigenvalue weighted by molar-refractivity contribution is 0.155. The van der Waals surface area contributed by atoms with Gasteiger partial charge in [-0.25, -0.2) is 19.7 Å². The molecule has 1 aliphatic carbocycles. The number of hydrogen-bond acceptors (Lipinski definition) is 7. The van der Waals surface area contributed by atoms with Crippen LogP contribution in [0.2, 0.25) is 0 Å². The molecule has 0 spiro atoms. The normalized spacial score (nSPS) is 14.8. The third kappa shape index (κ3) is 6.00. The molecule has 3 heterocycles. The topological polar surface area (TPSA) is 109 Å². The zero-order valence-electron chi connectivity index (χ0n) is 21.1. The van der Waals surface area contributed by atoms with Crippen molar-refractivity contribution < 1.29 is 9.53 Å². The van der Waals surface area contributed by atoms with Gasteiger partial charge in [0, 0.05) is 37.7 Å². The van der Waals surface area contributed by atoms with Gasteiger partial charge in [0.15, 0.2) is 5.75 Å². The fourth-order valence-corrected chi connectivity index (χ4v) is 4.84. The first-order valence-corrected chi connectivity index (χ1v) is 12.5. The fraction of sp³-hybridized carbons (Fsp3) is 0.321. The number of aryl methyl sites for hydroxylation is 3. The molecule has 1 atom stereocenters. The number of benzene rings is 1. The van der Waals surface area contributed by atoms with Crippen LogP contribution in [0.4, 0.5) is 4.79 Å². The van der Waals surface area contributed by atoms with Crippen LogP contribution in [0.1, 0.15) is 58.3 Å². The minimum atomic E-state index is -0.528. The summed E-state index contributed by atoms with van der Waals surface area (Å²) in [6, 6.07) is 12.8. The monoisotopic (exact) mass is 497 g/mol. The largest absolute Gasteiger partial charge is 0.412 e. The first kappa shape index (κ1) is 24.6. The second-order valence-electron chi connectivity index (χ2n) is 9.37. The van der Waals surface area contributed by atoms with Gasteiger partial charge < -0.3 is 15.0 Å². The Morgan fingerprint density at radius 3 is 2.62 bits per heavy atom. The number of fused-ring (bicyclic) bond motifs is 1. The van der Waals surface area contributed by atoms with Gasteiger partial charge in [0.1, 0.15) is 6.33 Å². The van der Waals surface area contributed by atoms with Gasteiger partial charge >= 0.3 is 6.09 Å². The molecule has 0 saturated carbocycles. The van der Waals surface area contributed by atoms with Gasteiger partial charge in [-0.05, 0) is 55.9 Å². The zero-order valence-corrected chi connectivity index (χ0v) is 21.1. The quantitative estimate of drug-likeness (QED) is 0.367. The molecule has 0 fully saturated rings. The number of hydrogen-bond donors (Lipinski definition) is 2. The van der Waals surface area contributed by atoms with Crippen LogP contribution in [-0.4, -0.2) is 35.9 Å². The Labute approximate surface area is 216 Å². The second kappa shape index (κ2) is 11.3. The van der Waals surface area contributed by atoms with Crippen molar-refractivity contribution in [1.82, 2.24) is 35.1 Å². The third-order valence-corrected chi connectivity index (χ3v) is 6.73. The maximum absolute atomic E-state index is 12.3. The first-order chi connectivity index (χ1) is 18.1. The number of rotatable bonds is 8. The lowest BCUT2D eigenvalue weighted by atomic mass is 9.90. The summed E-state index contributed by atoms with van der Waals surface area (Å²) in [6.45, 7) is 5.48. The molecule has 9 heteroatoms. The van der Waals surface area contributed by atoms with Crippen molar-refractivity contribution in [3.8, 4) is 5.75 Å². The maximum atomic E-state index is 12.3. The van der Waals surface area contributed by atoms with Crippen LogP contribution in [-0.2, 0) is 26.1 Å². The molecule has 2 N–H and O–H groups in total. The van der Waals surface area contributed by atoms with E-state index in [1.54, 1.807) is 20.2 Å². The van der Waals surface area contributed by atoms with Crippen LogP contribution in [0.25, 0.3) is 0 Å². The molecule has 37 heavy (non-hydrogen) atoms. The third-order valence-electron chi connectivity index (χ3n) is 6.73. The molecule has 5 rings (SSSR count). The zero-order chi connectivity index (χ0) is 25.6. The van der Waals surface area contributed by atoms with Gasteiger partial charge in [-0.3, -0.25) is 9.88 Å². The van der Waals surface area contributed by atoms with E-state index in [2.05, 4.69) is 48.4 Å². The van der Waals surface area contributed by atoms with Gasteiger partial charge in [-0.2, -0.15) is 0 Å². The van der Waals surface area contributed by atoms with Gasteiger partial charge in [0.2, 0.25) is 0 Å². The highest BCUT2D eigenvalue weighted by Gasteiger charge is 2.27. The standard InChI is InChI=1S/C28H31N7O2/c1-19-27(20(2)33-18-32-19)37-28(36)31-13-21-8-10-22(11-9-21)15-35(16-24-14-29-17-34-24)25-7-3-5-23-6-4-12-30-26(23)25/h4,6,8-12,14,17-18,25H,3,5,7,13,15-16H2,1-2H3,(H,29,34)(H,31,36). The van der Waals surface area contributed by atoms with Crippen molar-refractivity contribution >= 4 is 6.09 Å². The molecule has 0 bridgehead atoms. The van der Waals surface area contributed by atoms with E-state index in [0.717, 1.165) is 43.6 Å². The fourth-order valence-electron chi connectivity index (χ4n) is 4.84. The number of carbonyl (C=O) groups excluding carboxylic acids is 1. The highest BCUT2D eigenvalue weighted by Crippen LogP contribution is 2.34. The number of carbonyl (C=O) groups is 1. The predicted molar refractivity (Wildman–Crippen MR) is 139 cm³/mol. The summed E-state index contributed by atoms with van der Waals surface area (Å²) < 4.78 is 5.42. The Balaban J connectivity index is 1.24. The van der Waals surface area contributed by atoms with Crippen LogP contribution in [0.5, 0.6) is 5.75 Å². The van der Waals surface area contributed by atoms with E-state index >= 15 is 0 Å². The highest BCUT2D eigenvalue weighted by atomic mass is 16.6. The maximum Gasteiger partial charge on any atom is 0.412 e. The van der Waals surface area contributed by atoms with E-state index < -0.39 is 6.09 Å². The highest BCUT2D eigenvalue weighted by molar-refractivity contribution is 5.70. The smallest absolute Gasteiger partial charge is 0.406 e. The van der Waals surface area contributed by atoms with Crippen molar-refractivity contribution in [2.75, 3.05) is 0 Å². The van der Waals surface area contributed by atoms with Crippen molar-refractivity contribution in [2.24, 2.45) is 0 Å². The molecule has 0 aliphatic heterocycles. The summed E-state index contributed by atoms with van der Waals surface area (Å²) in [5.41, 5.74) is 7.04. The number of amides is 1. The molecule has 4 aromatic rings. The molecule has 1 aliphatic rings. The first-order valence-electron chi connectivity index (χ1n) is 12.5. The molecular weight excluding hydrogens is 466 g/mol. The Morgan fingerprint density at radius 1 is 1.08 bits per heavy atom. The van der Waals surface area contributed by atoms with Crippen molar-refractivity contribution in [3.63, 3.8) is 0 Å². The molecule has 3 aromatic heterocycles. The number of nitrogens with one attached hydrogen (secondary N) is 2. The minimum Gasteiger partial charge on any atom is -0.406 e. The number of imidazole rings is 1. The number of ether oxygens (including phenoxy) is 1.